The summed E-state index contributed by atoms with van der Waals surface area (Å²) in [6, 6.07) is 0. The van der Waals surface area contributed by atoms with E-state index in [1.165, 1.54) is 17.7 Å². The number of carbonyl (C=O) groups is 1. The van der Waals surface area contributed by atoms with Crippen molar-refractivity contribution in [1.82, 2.24) is 4.90 Å². The average Bonchev–Trinajstić information content (AvgIpc) is 2.34. The Balaban J connectivity index is 4.40. The van der Waals surface area contributed by atoms with Crippen molar-refractivity contribution in [2.75, 3.05) is 13.1 Å². The second kappa shape index (κ2) is 10.2. The molecule has 0 saturated carbocycles. The fourth-order valence-corrected chi connectivity index (χ4v) is 1.39. The second-order valence-corrected chi connectivity index (χ2v) is 5.57. The maximum atomic E-state index is 12.0. The first-order valence-electron chi connectivity index (χ1n) is 7.24. The summed E-state index contributed by atoms with van der Waals surface area (Å²) in [5.74, 6) is 11.8. The lowest BCUT2D eigenvalue weighted by atomic mass is 10.2. The summed E-state index contributed by atoms with van der Waals surface area (Å²) in [7, 11) is 0. The van der Waals surface area contributed by atoms with Gasteiger partial charge in [-0.2, -0.15) is 0 Å². The highest BCUT2D eigenvalue weighted by Gasteiger charge is 2.20. The molecule has 0 aromatic rings. The number of rotatable bonds is 5. The molecule has 0 N–H and O–H groups in total. The van der Waals surface area contributed by atoms with Crippen molar-refractivity contribution in [3.05, 3.63) is 0 Å². The first kappa shape index (κ1) is 18.4. The van der Waals surface area contributed by atoms with Crippen molar-refractivity contribution >= 4 is 6.09 Å². The van der Waals surface area contributed by atoms with Crippen molar-refractivity contribution < 1.29 is 9.53 Å². The molecule has 0 aromatic heterocycles. The second-order valence-electron chi connectivity index (χ2n) is 5.57. The van der Waals surface area contributed by atoms with E-state index in [0.29, 0.717) is 13.1 Å². The summed E-state index contributed by atoms with van der Waals surface area (Å²) in [4.78, 5) is 13.5. The molecule has 3 nitrogen and oxygen atoms in total. The first-order valence-corrected chi connectivity index (χ1v) is 7.24. The van der Waals surface area contributed by atoms with E-state index in [-0.39, 0.29) is 6.09 Å². The number of hydrogen-bond donors (Lipinski definition) is 0. The van der Waals surface area contributed by atoms with Gasteiger partial charge in [-0.15, -0.1) is 11.8 Å². The largest absolute Gasteiger partial charge is 0.444 e. The highest BCUT2D eigenvalue weighted by Crippen LogP contribution is 2.09. The molecule has 1 amide bonds. The molecule has 0 spiro atoms. The van der Waals surface area contributed by atoms with Crippen molar-refractivity contribution in [2.45, 2.75) is 65.9 Å². The molecular formula is C17H27NO2. The van der Waals surface area contributed by atoms with Crippen molar-refractivity contribution in [1.29, 1.82) is 0 Å². The standard InChI is InChI=1S/C17H27NO2/c1-6-8-10-11-12-13-15-18(14-9-7-2)16(19)20-17(3,4)5/h6,8,10-11,14-15H2,1-5H3. The topological polar surface area (TPSA) is 29.5 Å². The molecular weight excluding hydrogens is 250 g/mol. The average molecular weight is 277 g/mol. The summed E-state index contributed by atoms with van der Waals surface area (Å²) in [6.07, 6.45) is 4.03. The van der Waals surface area contributed by atoms with E-state index in [1.807, 2.05) is 20.8 Å². The lowest BCUT2D eigenvalue weighted by Gasteiger charge is -2.24. The van der Waals surface area contributed by atoms with Crippen LogP contribution >= 0.6 is 0 Å². The van der Waals surface area contributed by atoms with Crippen LogP contribution in [0.5, 0.6) is 0 Å². The maximum Gasteiger partial charge on any atom is 0.411 e. The van der Waals surface area contributed by atoms with Gasteiger partial charge in [-0.05, 0) is 34.1 Å². The van der Waals surface area contributed by atoms with E-state index >= 15 is 0 Å². The van der Waals surface area contributed by atoms with Crippen LogP contribution in [-0.4, -0.2) is 29.7 Å². The molecule has 0 radical (unpaired) electrons. The zero-order valence-corrected chi connectivity index (χ0v) is 13.5. The van der Waals surface area contributed by atoms with E-state index in [0.717, 1.165) is 12.8 Å². The Morgan fingerprint density at radius 1 is 1.10 bits per heavy atom. The zero-order chi connectivity index (χ0) is 15.4. The third kappa shape index (κ3) is 10.3. The van der Waals surface area contributed by atoms with Gasteiger partial charge in [0.1, 0.15) is 5.60 Å². The van der Waals surface area contributed by atoms with Gasteiger partial charge >= 0.3 is 6.09 Å². The Morgan fingerprint density at radius 2 is 1.75 bits per heavy atom. The third-order valence-corrected chi connectivity index (χ3v) is 2.40. The van der Waals surface area contributed by atoms with E-state index in [9.17, 15) is 4.79 Å². The minimum absolute atomic E-state index is 0.356. The SMILES string of the molecule is CC#CCN(CC#CCCCCC)C(=O)OC(C)(C)C. The van der Waals surface area contributed by atoms with Crippen LogP contribution in [0.15, 0.2) is 0 Å². The van der Waals surface area contributed by atoms with Crippen LogP contribution in [0.4, 0.5) is 4.79 Å². The van der Waals surface area contributed by atoms with Crippen LogP contribution in [0.3, 0.4) is 0 Å². The monoisotopic (exact) mass is 277 g/mol. The number of nitrogens with zero attached hydrogens (tertiary/aromatic N) is 1. The fraction of sp³-hybridized carbons (Fsp3) is 0.706. The third-order valence-electron chi connectivity index (χ3n) is 2.40. The van der Waals surface area contributed by atoms with E-state index in [1.54, 1.807) is 6.92 Å². The Labute approximate surface area is 124 Å². The smallest absolute Gasteiger partial charge is 0.411 e. The Morgan fingerprint density at radius 3 is 2.30 bits per heavy atom. The zero-order valence-electron chi connectivity index (χ0n) is 13.5. The lowest BCUT2D eigenvalue weighted by Crippen LogP contribution is -2.37. The summed E-state index contributed by atoms with van der Waals surface area (Å²) < 4.78 is 5.34. The minimum atomic E-state index is -0.496. The number of carbonyl (C=O) groups excluding carboxylic acids is 1. The first-order chi connectivity index (χ1) is 9.40. The molecule has 112 valence electrons. The molecule has 0 unspecified atom stereocenters. The number of amides is 1. The molecule has 0 bridgehead atoms. The Kier molecular flexibility index (Phi) is 9.39. The molecule has 0 atom stereocenters. The maximum absolute atomic E-state index is 12.0. The molecule has 0 aliphatic rings. The van der Waals surface area contributed by atoms with Gasteiger partial charge in [0.2, 0.25) is 0 Å². The number of hydrogen-bond acceptors (Lipinski definition) is 2. The van der Waals surface area contributed by atoms with E-state index in [4.69, 9.17) is 4.74 Å². The van der Waals surface area contributed by atoms with Crippen molar-refractivity contribution in [3.63, 3.8) is 0 Å². The van der Waals surface area contributed by atoms with Crippen LogP contribution in [0.25, 0.3) is 0 Å². The molecule has 0 fully saturated rings. The summed E-state index contributed by atoms with van der Waals surface area (Å²) >= 11 is 0. The van der Waals surface area contributed by atoms with Gasteiger partial charge in [0.15, 0.2) is 0 Å². The summed E-state index contributed by atoms with van der Waals surface area (Å²) in [6.45, 7) is 10.2. The highest BCUT2D eigenvalue weighted by molar-refractivity contribution is 5.68. The van der Waals surface area contributed by atoms with Gasteiger partial charge in [0, 0.05) is 6.42 Å². The summed E-state index contributed by atoms with van der Waals surface area (Å²) in [5.41, 5.74) is -0.496. The van der Waals surface area contributed by atoms with Crippen LogP contribution in [0, 0.1) is 23.7 Å². The Hall–Kier alpha value is -1.61. The Bertz CT molecular complexity index is 399. The summed E-state index contributed by atoms with van der Waals surface area (Å²) in [5, 5.41) is 0. The number of unbranched alkanes of at least 4 members (excludes halogenated alkanes) is 3. The van der Waals surface area contributed by atoms with Crippen LogP contribution in [0.2, 0.25) is 0 Å². The molecule has 3 heteroatoms. The molecule has 0 aliphatic heterocycles. The van der Waals surface area contributed by atoms with Crippen LogP contribution in [-0.2, 0) is 4.74 Å². The predicted octanol–water partition coefficient (Wildman–Crippen LogP) is 3.83. The highest BCUT2D eigenvalue weighted by atomic mass is 16.6. The fourth-order valence-electron chi connectivity index (χ4n) is 1.39. The van der Waals surface area contributed by atoms with E-state index in [2.05, 4.69) is 30.6 Å². The van der Waals surface area contributed by atoms with Gasteiger partial charge in [-0.25, -0.2) is 4.79 Å². The van der Waals surface area contributed by atoms with Gasteiger partial charge in [-0.3, -0.25) is 4.90 Å². The molecule has 0 aliphatic carbocycles. The molecule has 0 saturated heterocycles. The molecule has 0 heterocycles. The van der Waals surface area contributed by atoms with Crippen LogP contribution in [0.1, 0.15) is 60.3 Å². The quantitative estimate of drug-likeness (QED) is 0.564. The van der Waals surface area contributed by atoms with Gasteiger partial charge in [0.25, 0.3) is 0 Å². The van der Waals surface area contributed by atoms with Crippen molar-refractivity contribution in [3.8, 4) is 23.7 Å². The van der Waals surface area contributed by atoms with Gasteiger partial charge in [0.05, 0.1) is 13.1 Å². The number of ether oxygens (including phenoxy) is 1. The molecule has 0 aromatic carbocycles. The van der Waals surface area contributed by atoms with Crippen LogP contribution < -0.4 is 0 Å². The minimum Gasteiger partial charge on any atom is -0.444 e. The predicted molar refractivity (Wildman–Crippen MR) is 83.2 cm³/mol. The molecule has 20 heavy (non-hydrogen) atoms. The normalized spacial score (nSPS) is 9.85. The van der Waals surface area contributed by atoms with Gasteiger partial charge < -0.3 is 4.74 Å². The molecule has 0 rings (SSSR count). The van der Waals surface area contributed by atoms with Crippen molar-refractivity contribution in [2.24, 2.45) is 0 Å². The van der Waals surface area contributed by atoms with E-state index < -0.39 is 5.60 Å². The van der Waals surface area contributed by atoms with Gasteiger partial charge in [-0.1, -0.05) is 31.6 Å². The lowest BCUT2D eigenvalue weighted by molar-refractivity contribution is 0.0299.